The third kappa shape index (κ3) is 25.8. The average Bonchev–Trinajstić information content (AvgIpc) is 3.07. The first-order chi connectivity index (χ1) is 23.8. The van der Waals surface area contributed by atoms with Gasteiger partial charge in [-0.2, -0.15) is 0 Å². The Balaban J connectivity index is 2.08. The number of carbonyl (C=O) groups is 2. The highest BCUT2D eigenvalue weighted by Gasteiger charge is 2.35. The Kier molecular flexibility index (Phi) is 28.6. The number of allylic oxidation sites excluding steroid dienone is 2. The van der Waals surface area contributed by atoms with Gasteiger partial charge in [-0.15, -0.1) is 0 Å². The van der Waals surface area contributed by atoms with Crippen molar-refractivity contribution < 1.29 is 44.2 Å². The Morgan fingerprint density at radius 3 is 1.80 bits per heavy atom. The van der Waals surface area contributed by atoms with Gasteiger partial charge in [0.05, 0.1) is 18.3 Å². The largest absolute Gasteiger partial charge is 0.463 e. The molecule has 0 bridgehead atoms. The molecule has 286 valence electrons. The lowest BCUT2D eigenvalue weighted by atomic mass is 9.87. The van der Waals surface area contributed by atoms with Crippen LogP contribution in [-0.4, -0.2) is 76.3 Å². The zero-order valence-corrected chi connectivity index (χ0v) is 31.0. The third-order valence-electron chi connectivity index (χ3n) is 9.23. The molecule has 6 atom stereocenters. The van der Waals surface area contributed by atoms with Crippen LogP contribution in [0.1, 0.15) is 168 Å². The van der Waals surface area contributed by atoms with Gasteiger partial charge >= 0.3 is 11.9 Å². The van der Waals surface area contributed by atoms with Crippen molar-refractivity contribution in [3.05, 3.63) is 24.3 Å². The van der Waals surface area contributed by atoms with E-state index in [0.29, 0.717) is 32.1 Å². The van der Waals surface area contributed by atoms with E-state index in [-0.39, 0.29) is 37.9 Å². The predicted molar refractivity (Wildman–Crippen MR) is 195 cm³/mol. The van der Waals surface area contributed by atoms with Crippen molar-refractivity contribution in [1.82, 2.24) is 0 Å². The molecule has 0 aromatic heterocycles. The first-order valence-corrected chi connectivity index (χ1v) is 19.8. The predicted octanol–water partition coefficient (Wildman–Crippen LogP) is 8.00. The Morgan fingerprint density at radius 1 is 0.714 bits per heavy atom. The molecule has 0 aliphatic carbocycles. The molecule has 1 saturated heterocycles. The summed E-state index contributed by atoms with van der Waals surface area (Å²) in [7, 11) is 0. The summed E-state index contributed by atoms with van der Waals surface area (Å²) >= 11 is 0. The van der Waals surface area contributed by atoms with Gasteiger partial charge in [0.1, 0.15) is 19.3 Å². The minimum Gasteiger partial charge on any atom is -0.463 e. The van der Waals surface area contributed by atoms with Crippen molar-refractivity contribution in [2.24, 2.45) is 5.92 Å². The lowest BCUT2D eigenvalue weighted by Crippen LogP contribution is -2.43. The Labute approximate surface area is 297 Å². The Hall–Kier alpha value is -1.78. The van der Waals surface area contributed by atoms with Crippen LogP contribution in [0.4, 0.5) is 0 Å². The molecule has 4 N–H and O–H groups in total. The lowest BCUT2D eigenvalue weighted by Gasteiger charge is -2.36. The molecule has 49 heavy (non-hydrogen) atoms. The van der Waals surface area contributed by atoms with Gasteiger partial charge in [0.15, 0.2) is 6.29 Å². The Morgan fingerprint density at radius 2 is 1.22 bits per heavy atom. The SMILES string of the molecule is CCCCCCCCCCCCCCCCC(=O)OC[C@@H](O)COC(=O)CCC/C=C\C[C@H]1[C@@H](O)CC(O)O[C@@H]1/C=C/[C@@H](O)CCCCC. The van der Waals surface area contributed by atoms with E-state index in [0.717, 1.165) is 38.5 Å². The number of aliphatic hydroxyl groups is 4. The molecule has 1 unspecified atom stereocenters. The van der Waals surface area contributed by atoms with E-state index in [9.17, 15) is 30.0 Å². The van der Waals surface area contributed by atoms with E-state index in [1.807, 2.05) is 12.2 Å². The van der Waals surface area contributed by atoms with Gasteiger partial charge in [0.25, 0.3) is 0 Å². The van der Waals surface area contributed by atoms with Gasteiger partial charge in [0.2, 0.25) is 0 Å². The van der Waals surface area contributed by atoms with E-state index < -0.39 is 36.7 Å². The first kappa shape index (κ1) is 45.2. The number of hydrogen-bond acceptors (Lipinski definition) is 9. The second-order valence-electron chi connectivity index (χ2n) is 13.9. The van der Waals surface area contributed by atoms with Crippen LogP contribution in [0, 0.1) is 5.92 Å². The maximum Gasteiger partial charge on any atom is 0.305 e. The molecule has 0 spiro atoms. The van der Waals surface area contributed by atoms with Crippen LogP contribution in [0.5, 0.6) is 0 Å². The quantitative estimate of drug-likeness (QED) is 0.0322. The zero-order chi connectivity index (χ0) is 36.0. The number of rotatable bonds is 31. The number of esters is 2. The number of carbonyl (C=O) groups excluding carboxylic acids is 2. The van der Waals surface area contributed by atoms with Gasteiger partial charge in [0, 0.05) is 25.2 Å². The highest BCUT2D eigenvalue weighted by molar-refractivity contribution is 5.69. The average molecular weight is 697 g/mol. The maximum atomic E-state index is 12.1. The molecule has 1 rings (SSSR count). The molecule has 0 aromatic rings. The molecule has 9 nitrogen and oxygen atoms in total. The van der Waals surface area contributed by atoms with Crippen LogP contribution in [-0.2, 0) is 23.8 Å². The zero-order valence-electron chi connectivity index (χ0n) is 31.0. The summed E-state index contributed by atoms with van der Waals surface area (Å²) in [4.78, 5) is 24.1. The molecular formula is C40H72O9. The van der Waals surface area contributed by atoms with Gasteiger partial charge < -0.3 is 34.6 Å². The van der Waals surface area contributed by atoms with Crippen molar-refractivity contribution in [2.45, 2.75) is 199 Å². The van der Waals surface area contributed by atoms with Crippen LogP contribution in [0.2, 0.25) is 0 Å². The van der Waals surface area contributed by atoms with Crippen LogP contribution >= 0.6 is 0 Å². The summed E-state index contributed by atoms with van der Waals surface area (Å²) in [6, 6.07) is 0. The maximum absolute atomic E-state index is 12.1. The second kappa shape index (κ2) is 31.0. The highest BCUT2D eigenvalue weighted by Crippen LogP contribution is 2.29. The lowest BCUT2D eigenvalue weighted by molar-refractivity contribution is -0.199. The fourth-order valence-electron chi connectivity index (χ4n) is 6.13. The topological polar surface area (TPSA) is 143 Å². The normalized spacial score (nSPS) is 20.9. The summed E-state index contributed by atoms with van der Waals surface area (Å²) in [5, 5.41) is 40.7. The third-order valence-corrected chi connectivity index (χ3v) is 9.23. The van der Waals surface area contributed by atoms with Gasteiger partial charge in [-0.25, -0.2) is 0 Å². The molecular weight excluding hydrogens is 624 g/mol. The standard InChI is InChI=1S/C40H72O9/c1-3-5-7-8-9-10-11-12-13-14-15-16-17-22-26-38(44)47-31-34(42)32-48-39(45)27-23-19-18-21-25-35-36(43)30-40(46)49-37(35)29-28-33(41)24-20-6-4-2/h18,21,28-29,33-37,40-43,46H,3-17,19-20,22-27,30-32H2,1-2H3/b21-18-,29-28+/t33-,34+,35-,36-,37+,40?/m0/s1. The highest BCUT2D eigenvalue weighted by atomic mass is 16.6. The van der Waals surface area contributed by atoms with Crippen molar-refractivity contribution in [3.8, 4) is 0 Å². The summed E-state index contributed by atoms with van der Waals surface area (Å²) in [6.07, 6.45) is 27.1. The summed E-state index contributed by atoms with van der Waals surface area (Å²) < 4.78 is 15.9. The summed E-state index contributed by atoms with van der Waals surface area (Å²) in [5.74, 6) is -1.01. The number of unbranched alkanes of at least 4 members (excludes halogenated alkanes) is 16. The minimum atomic E-state index is -1.05. The number of hydrogen-bond donors (Lipinski definition) is 4. The molecule has 0 amide bonds. The van der Waals surface area contributed by atoms with Crippen molar-refractivity contribution in [3.63, 3.8) is 0 Å². The molecule has 1 aliphatic heterocycles. The molecule has 1 aliphatic rings. The number of aliphatic hydroxyl groups excluding tert-OH is 4. The van der Waals surface area contributed by atoms with E-state index in [1.54, 1.807) is 12.2 Å². The molecule has 9 heteroatoms. The van der Waals surface area contributed by atoms with E-state index >= 15 is 0 Å². The fraction of sp³-hybridized carbons (Fsp3) is 0.850. The fourth-order valence-corrected chi connectivity index (χ4v) is 6.13. The molecule has 1 heterocycles. The van der Waals surface area contributed by atoms with Gasteiger partial charge in [-0.05, 0) is 32.1 Å². The van der Waals surface area contributed by atoms with Crippen molar-refractivity contribution in [1.29, 1.82) is 0 Å². The van der Waals surface area contributed by atoms with Crippen molar-refractivity contribution in [2.75, 3.05) is 13.2 Å². The first-order valence-electron chi connectivity index (χ1n) is 19.8. The van der Waals surface area contributed by atoms with Gasteiger partial charge in [-0.3, -0.25) is 9.59 Å². The molecule has 0 radical (unpaired) electrons. The van der Waals surface area contributed by atoms with Crippen LogP contribution in [0.25, 0.3) is 0 Å². The van der Waals surface area contributed by atoms with Crippen LogP contribution in [0.3, 0.4) is 0 Å². The van der Waals surface area contributed by atoms with E-state index in [4.69, 9.17) is 14.2 Å². The van der Waals surface area contributed by atoms with Gasteiger partial charge in [-0.1, -0.05) is 141 Å². The number of ether oxygens (including phenoxy) is 3. The minimum absolute atomic E-state index is 0.137. The second-order valence-corrected chi connectivity index (χ2v) is 13.9. The van der Waals surface area contributed by atoms with Crippen LogP contribution in [0.15, 0.2) is 24.3 Å². The Bertz CT molecular complexity index is 861. The summed E-state index contributed by atoms with van der Waals surface area (Å²) in [5.41, 5.74) is 0. The van der Waals surface area contributed by atoms with Crippen LogP contribution < -0.4 is 0 Å². The van der Waals surface area contributed by atoms with E-state index in [2.05, 4.69) is 13.8 Å². The monoisotopic (exact) mass is 697 g/mol. The van der Waals surface area contributed by atoms with Crippen molar-refractivity contribution >= 4 is 11.9 Å². The molecule has 0 aromatic carbocycles. The molecule has 0 saturated carbocycles. The summed E-state index contributed by atoms with van der Waals surface area (Å²) in [6.45, 7) is 3.97. The smallest absolute Gasteiger partial charge is 0.305 e. The molecule has 1 fully saturated rings. The van der Waals surface area contributed by atoms with E-state index in [1.165, 1.54) is 70.6 Å².